The van der Waals surface area contributed by atoms with E-state index >= 15 is 0 Å². The van der Waals surface area contributed by atoms with Gasteiger partial charge in [0, 0.05) is 23.5 Å². The van der Waals surface area contributed by atoms with Gasteiger partial charge in [-0.2, -0.15) is 0 Å². The zero-order valence-electron chi connectivity index (χ0n) is 14.8. The number of para-hydroxylation sites is 1. The van der Waals surface area contributed by atoms with Gasteiger partial charge >= 0.3 is 5.97 Å². The number of nitrogens with two attached hydrogens (primary N) is 1. The summed E-state index contributed by atoms with van der Waals surface area (Å²) in [5, 5.41) is 3.34. The first-order valence-electron chi connectivity index (χ1n) is 8.96. The number of rotatable bonds is 6. The fraction of sp³-hybridized carbons (Fsp3) is 0.286. The van der Waals surface area contributed by atoms with Crippen molar-refractivity contribution in [2.45, 2.75) is 18.4 Å². The molecule has 134 valence electrons. The number of nitrogens with one attached hydrogen (secondary N) is 1. The van der Waals surface area contributed by atoms with Crippen molar-refractivity contribution in [1.82, 2.24) is 4.98 Å². The van der Waals surface area contributed by atoms with Gasteiger partial charge in [-0.15, -0.1) is 0 Å². The summed E-state index contributed by atoms with van der Waals surface area (Å²) >= 11 is 0. The molecular formula is C21H23N2O3+. The molecule has 0 spiro atoms. The Balaban J connectivity index is 1.67. The first-order chi connectivity index (χ1) is 12.8. The van der Waals surface area contributed by atoms with Crippen molar-refractivity contribution in [1.29, 1.82) is 0 Å². The van der Waals surface area contributed by atoms with Crippen LogP contribution in [0, 0.1) is 0 Å². The van der Waals surface area contributed by atoms with Crippen LogP contribution in [-0.4, -0.2) is 37.3 Å². The molecule has 3 N–H and O–H groups in total. The molecule has 0 aliphatic carbocycles. The Kier molecular flexibility index (Phi) is 4.63. The van der Waals surface area contributed by atoms with E-state index in [2.05, 4.69) is 46.8 Å². The van der Waals surface area contributed by atoms with Crippen LogP contribution in [0.25, 0.3) is 10.9 Å². The van der Waals surface area contributed by atoms with Gasteiger partial charge in [0.25, 0.3) is 0 Å². The second-order valence-corrected chi connectivity index (χ2v) is 6.65. The van der Waals surface area contributed by atoms with Gasteiger partial charge in [0.2, 0.25) is 0 Å². The highest BCUT2D eigenvalue weighted by atomic mass is 16.5. The minimum atomic E-state index is -0.0996. The van der Waals surface area contributed by atoms with E-state index in [9.17, 15) is 4.79 Å². The lowest BCUT2D eigenvalue weighted by Gasteiger charge is -2.18. The predicted molar refractivity (Wildman–Crippen MR) is 99.3 cm³/mol. The van der Waals surface area contributed by atoms with Gasteiger partial charge in [-0.3, -0.25) is 0 Å². The maximum atomic E-state index is 11.8. The van der Waals surface area contributed by atoms with Crippen LogP contribution in [0.15, 0.2) is 54.7 Å². The van der Waals surface area contributed by atoms with Crippen LogP contribution < -0.4 is 10.1 Å². The highest BCUT2D eigenvalue weighted by molar-refractivity contribution is 5.84. The molecule has 2 aromatic carbocycles. The van der Waals surface area contributed by atoms with Gasteiger partial charge in [0.05, 0.1) is 26.2 Å². The smallest absolute Gasteiger partial charge is 0.364 e. The molecule has 3 aromatic rings. The molecule has 0 radical (unpaired) electrons. The number of hydrogen-bond donors (Lipinski definition) is 2. The molecule has 0 bridgehead atoms. The number of ether oxygens (including phenoxy) is 2. The lowest BCUT2D eigenvalue weighted by molar-refractivity contribution is -0.677. The molecule has 1 aliphatic heterocycles. The van der Waals surface area contributed by atoms with Crippen molar-refractivity contribution < 1.29 is 19.6 Å². The third-order valence-corrected chi connectivity index (χ3v) is 5.15. The molecule has 1 saturated heterocycles. The van der Waals surface area contributed by atoms with E-state index in [0.717, 1.165) is 24.2 Å². The topological polar surface area (TPSA) is 67.9 Å². The number of methoxy groups -OCH3 is 1. The lowest BCUT2D eigenvalue weighted by atomic mass is 9.90. The number of benzene rings is 2. The van der Waals surface area contributed by atoms with Crippen LogP contribution in [0.2, 0.25) is 0 Å². The molecule has 2 heterocycles. The van der Waals surface area contributed by atoms with Crippen LogP contribution in [0.3, 0.4) is 0 Å². The Bertz CT molecular complexity index is 901. The highest BCUT2D eigenvalue weighted by Gasteiger charge is 2.31. The number of aromatic nitrogens is 1. The summed E-state index contributed by atoms with van der Waals surface area (Å²) < 4.78 is 10.4. The maximum Gasteiger partial charge on any atom is 0.364 e. The molecule has 1 aromatic heterocycles. The van der Waals surface area contributed by atoms with E-state index in [1.807, 2.05) is 18.2 Å². The number of hydrogen-bond acceptors (Lipinski definition) is 3. The van der Waals surface area contributed by atoms with Gasteiger partial charge in [-0.1, -0.05) is 30.3 Å². The monoisotopic (exact) mass is 351 g/mol. The number of fused-ring (bicyclic) bond motifs is 1. The Morgan fingerprint density at radius 1 is 1.23 bits per heavy atom. The summed E-state index contributed by atoms with van der Waals surface area (Å²) in [6.07, 6.45) is 2.86. The van der Waals surface area contributed by atoms with Crippen LogP contribution in [0.1, 0.15) is 23.5 Å². The first-order valence-corrected chi connectivity index (χ1v) is 8.96. The molecule has 5 heteroatoms. The van der Waals surface area contributed by atoms with Crippen LogP contribution in [-0.2, 0) is 9.53 Å². The standard InChI is InChI=1S/C21H22N2O3/c1-25-15-8-6-14(7-9-15)17(12-23-20-10-11-26-21(20)24)18-13-22-19-5-3-2-4-16(18)19/h2-9,13,17,20,22-23H,10-12H2,1H3/p+1/t17-,20-/m0/s1. The van der Waals surface area contributed by atoms with Gasteiger partial charge in [0.1, 0.15) is 5.75 Å². The Morgan fingerprint density at radius 3 is 2.77 bits per heavy atom. The van der Waals surface area contributed by atoms with Gasteiger partial charge < -0.3 is 19.8 Å². The van der Waals surface area contributed by atoms with E-state index < -0.39 is 0 Å². The average Bonchev–Trinajstić information content (AvgIpc) is 3.29. The number of aromatic amines is 1. The van der Waals surface area contributed by atoms with Crippen molar-refractivity contribution in [2.75, 3.05) is 20.3 Å². The molecule has 1 aliphatic rings. The van der Waals surface area contributed by atoms with Crippen molar-refractivity contribution in [3.63, 3.8) is 0 Å². The molecule has 2 atom stereocenters. The number of carbonyl (C=O) groups is 1. The van der Waals surface area contributed by atoms with E-state index in [-0.39, 0.29) is 17.9 Å². The summed E-state index contributed by atoms with van der Waals surface area (Å²) in [5.41, 5.74) is 3.58. The molecule has 0 amide bonds. The van der Waals surface area contributed by atoms with Crippen LogP contribution >= 0.6 is 0 Å². The molecule has 0 unspecified atom stereocenters. The fourth-order valence-electron chi connectivity index (χ4n) is 3.69. The molecular weight excluding hydrogens is 328 g/mol. The zero-order valence-corrected chi connectivity index (χ0v) is 14.8. The number of carbonyl (C=O) groups excluding carboxylic acids is 1. The van der Waals surface area contributed by atoms with Gasteiger partial charge in [-0.25, -0.2) is 4.79 Å². The van der Waals surface area contributed by atoms with E-state index in [0.29, 0.717) is 6.61 Å². The second-order valence-electron chi connectivity index (χ2n) is 6.65. The molecule has 5 nitrogen and oxygen atoms in total. The normalized spacial score (nSPS) is 18.0. The summed E-state index contributed by atoms with van der Waals surface area (Å²) in [7, 11) is 1.67. The lowest BCUT2D eigenvalue weighted by Crippen LogP contribution is -2.92. The Hall–Kier alpha value is -2.79. The number of H-pyrrole nitrogens is 1. The average molecular weight is 351 g/mol. The number of quaternary nitrogens is 1. The van der Waals surface area contributed by atoms with Gasteiger partial charge in [0.15, 0.2) is 6.04 Å². The van der Waals surface area contributed by atoms with Gasteiger partial charge in [-0.05, 0) is 29.3 Å². The third-order valence-electron chi connectivity index (χ3n) is 5.15. The Morgan fingerprint density at radius 2 is 2.04 bits per heavy atom. The van der Waals surface area contributed by atoms with Crippen molar-refractivity contribution in [3.05, 3.63) is 65.9 Å². The summed E-state index contributed by atoms with van der Waals surface area (Å²) in [6.45, 7) is 1.31. The van der Waals surface area contributed by atoms with Crippen molar-refractivity contribution >= 4 is 16.9 Å². The maximum absolute atomic E-state index is 11.8. The predicted octanol–water partition coefficient (Wildman–Crippen LogP) is 2.19. The minimum Gasteiger partial charge on any atom is -0.497 e. The fourth-order valence-corrected chi connectivity index (χ4v) is 3.69. The molecule has 4 rings (SSSR count). The van der Waals surface area contributed by atoms with E-state index in [1.165, 1.54) is 16.5 Å². The Labute approximate surface area is 152 Å². The quantitative estimate of drug-likeness (QED) is 0.669. The second kappa shape index (κ2) is 7.22. The zero-order chi connectivity index (χ0) is 17.9. The largest absolute Gasteiger partial charge is 0.497 e. The molecule has 1 fully saturated rings. The summed E-state index contributed by atoms with van der Waals surface area (Å²) in [4.78, 5) is 15.2. The minimum absolute atomic E-state index is 0.0963. The summed E-state index contributed by atoms with van der Waals surface area (Å²) in [6, 6.07) is 16.4. The van der Waals surface area contributed by atoms with Crippen molar-refractivity contribution in [2.24, 2.45) is 0 Å². The number of esters is 1. The van der Waals surface area contributed by atoms with Crippen LogP contribution in [0.5, 0.6) is 5.75 Å². The molecule has 26 heavy (non-hydrogen) atoms. The van der Waals surface area contributed by atoms with Crippen LogP contribution in [0.4, 0.5) is 0 Å². The van der Waals surface area contributed by atoms with Crippen molar-refractivity contribution in [3.8, 4) is 5.75 Å². The highest BCUT2D eigenvalue weighted by Crippen LogP contribution is 2.30. The van der Waals surface area contributed by atoms with E-state index in [1.54, 1.807) is 7.11 Å². The third kappa shape index (κ3) is 3.18. The SMILES string of the molecule is COc1ccc([C@H](C[NH2+][C@H]2CCOC2=O)c2c[nH]c3ccccc23)cc1. The first kappa shape index (κ1) is 16.7. The number of cyclic esters (lactones) is 1. The van der Waals surface area contributed by atoms with E-state index in [4.69, 9.17) is 9.47 Å². The summed E-state index contributed by atoms with van der Waals surface area (Å²) in [5.74, 6) is 0.914. The molecule has 0 saturated carbocycles.